The van der Waals surface area contributed by atoms with Gasteiger partial charge in [0.05, 0.1) is 12.5 Å². The molecule has 0 unspecified atom stereocenters. The van der Waals surface area contributed by atoms with Gasteiger partial charge in [0.1, 0.15) is 0 Å². The lowest BCUT2D eigenvalue weighted by Gasteiger charge is -2.54. The lowest BCUT2D eigenvalue weighted by molar-refractivity contribution is -0.161. The van der Waals surface area contributed by atoms with E-state index < -0.39 is 0 Å². The van der Waals surface area contributed by atoms with Gasteiger partial charge in [0.25, 0.3) is 0 Å². The first-order chi connectivity index (χ1) is 10.8. The molecule has 2 aliphatic carbocycles. The van der Waals surface area contributed by atoms with Crippen molar-refractivity contribution in [2.24, 2.45) is 11.3 Å². The smallest absolute Gasteiger partial charge is 0.311 e. The van der Waals surface area contributed by atoms with Crippen LogP contribution in [0, 0.1) is 11.3 Å². The molecule has 3 rings (SSSR count). The van der Waals surface area contributed by atoms with Gasteiger partial charge in [-0.15, -0.1) is 0 Å². The Hall–Kier alpha value is -1.31. The van der Waals surface area contributed by atoms with Gasteiger partial charge >= 0.3 is 5.97 Å². The van der Waals surface area contributed by atoms with Gasteiger partial charge in [0.2, 0.25) is 0 Å². The fourth-order valence-electron chi connectivity index (χ4n) is 5.35. The first-order valence-corrected chi connectivity index (χ1v) is 9.04. The van der Waals surface area contributed by atoms with Gasteiger partial charge in [-0.25, -0.2) is 0 Å². The number of carbonyl (C=O) groups is 1. The molecule has 0 aliphatic heterocycles. The molecule has 0 spiro atoms. The molecule has 0 saturated heterocycles. The van der Waals surface area contributed by atoms with Crippen molar-refractivity contribution in [1.29, 1.82) is 0 Å². The van der Waals surface area contributed by atoms with E-state index >= 15 is 0 Å². The second-order valence-electron chi connectivity index (χ2n) is 8.34. The van der Waals surface area contributed by atoms with Gasteiger partial charge in [-0.2, -0.15) is 0 Å². The van der Waals surface area contributed by atoms with Crippen LogP contribution in [0.3, 0.4) is 0 Å². The summed E-state index contributed by atoms with van der Waals surface area (Å²) in [7, 11) is 1.53. The summed E-state index contributed by atoms with van der Waals surface area (Å²) in [4.78, 5) is 12.5. The van der Waals surface area contributed by atoms with Crippen LogP contribution < -0.4 is 0 Å². The van der Waals surface area contributed by atoms with Crippen LogP contribution in [0.5, 0.6) is 0 Å². The number of carbonyl (C=O) groups excluding carboxylic acids is 1. The standard InChI is InChI=1S/C21H30O2/c1-14(2)15-7-9-17-16(13-15)8-10-18-20(17,3)11-6-12-21(18,4)19(22)23-5/h7,9,13-14,18H,6,8,10-12H2,1-5H3/t18-,20-,21+/m0/s1. The SMILES string of the molecule is COC(=O)[C@]1(C)CCC[C@@]2(C)c3ccc(C(C)C)cc3CC[C@H]12. The average Bonchev–Trinajstić information content (AvgIpc) is 2.53. The van der Waals surface area contributed by atoms with Crippen LogP contribution in [0.2, 0.25) is 0 Å². The number of rotatable bonds is 2. The zero-order chi connectivity index (χ0) is 16.8. The van der Waals surface area contributed by atoms with Crippen molar-refractivity contribution < 1.29 is 9.53 Å². The van der Waals surface area contributed by atoms with Gasteiger partial charge in [-0.05, 0) is 66.5 Å². The molecule has 2 nitrogen and oxygen atoms in total. The quantitative estimate of drug-likeness (QED) is 0.719. The second-order valence-corrected chi connectivity index (χ2v) is 8.34. The van der Waals surface area contributed by atoms with Crippen molar-refractivity contribution in [2.45, 2.75) is 71.1 Å². The molecule has 23 heavy (non-hydrogen) atoms. The third-order valence-corrected chi connectivity index (χ3v) is 6.70. The number of methoxy groups -OCH3 is 1. The number of fused-ring (bicyclic) bond motifs is 3. The fourth-order valence-corrected chi connectivity index (χ4v) is 5.35. The molecule has 126 valence electrons. The fraction of sp³-hybridized carbons (Fsp3) is 0.667. The molecule has 0 bridgehead atoms. The van der Waals surface area contributed by atoms with Crippen molar-refractivity contribution in [3.63, 3.8) is 0 Å². The van der Waals surface area contributed by atoms with Gasteiger partial charge < -0.3 is 4.74 Å². The summed E-state index contributed by atoms with van der Waals surface area (Å²) in [6.07, 6.45) is 5.42. The Labute approximate surface area is 140 Å². The maximum atomic E-state index is 12.5. The van der Waals surface area contributed by atoms with Gasteiger partial charge in [0.15, 0.2) is 0 Å². The molecule has 1 saturated carbocycles. The predicted molar refractivity (Wildman–Crippen MR) is 93.7 cm³/mol. The van der Waals surface area contributed by atoms with Crippen LogP contribution in [0.1, 0.15) is 76.0 Å². The molecule has 0 N–H and O–H groups in total. The minimum atomic E-state index is -0.337. The van der Waals surface area contributed by atoms with Crippen LogP contribution in [0.15, 0.2) is 18.2 Å². The first kappa shape index (κ1) is 16.5. The zero-order valence-corrected chi connectivity index (χ0v) is 15.2. The van der Waals surface area contributed by atoms with Crippen LogP contribution in [-0.4, -0.2) is 13.1 Å². The molecule has 1 fully saturated rings. The van der Waals surface area contributed by atoms with Crippen molar-refractivity contribution in [1.82, 2.24) is 0 Å². The molecule has 2 heteroatoms. The summed E-state index contributed by atoms with van der Waals surface area (Å²) in [5, 5.41) is 0. The maximum absolute atomic E-state index is 12.5. The molecule has 1 aromatic rings. The van der Waals surface area contributed by atoms with E-state index in [1.807, 2.05) is 0 Å². The van der Waals surface area contributed by atoms with E-state index in [1.54, 1.807) is 0 Å². The molecule has 0 amide bonds. The van der Waals surface area contributed by atoms with E-state index in [0.717, 1.165) is 25.7 Å². The number of hydrogen-bond donors (Lipinski definition) is 0. The van der Waals surface area contributed by atoms with Crippen LogP contribution >= 0.6 is 0 Å². The monoisotopic (exact) mass is 314 g/mol. The molecule has 2 aliphatic rings. The van der Waals surface area contributed by atoms with Crippen LogP contribution in [0.4, 0.5) is 0 Å². The summed E-state index contributed by atoms with van der Waals surface area (Å²) in [5.74, 6) is 0.932. The molecular weight excluding hydrogens is 284 g/mol. The highest BCUT2D eigenvalue weighted by Gasteiger charge is 2.55. The van der Waals surface area contributed by atoms with Gasteiger partial charge in [0, 0.05) is 0 Å². The van der Waals surface area contributed by atoms with E-state index in [9.17, 15) is 4.79 Å². The number of aryl methyl sites for hydroxylation is 1. The summed E-state index contributed by atoms with van der Waals surface area (Å²) in [6, 6.07) is 7.05. The van der Waals surface area contributed by atoms with Crippen molar-refractivity contribution >= 4 is 5.97 Å². The Morgan fingerprint density at radius 3 is 2.65 bits per heavy atom. The lowest BCUT2D eigenvalue weighted by Crippen LogP contribution is -2.52. The molecule has 0 aromatic heterocycles. The molecule has 0 radical (unpaired) electrons. The normalized spacial score (nSPS) is 33.0. The number of esters is 1. The molecule has 3 atom stereocenters. The highest BCUT2D eigenvalue weighted by Crippen LogP contribution is 2.57. The minimum Gasteiger partial charge on any atom is -0.469 e. The number of hydrogen-bond acceptors (Lipinski definition) is 2. The van der Waals surface area contributed by atoms with E-state index in [1.165, 1.54) is 30.2 Å². The summed E-state index contributed by atoms with van der Waals surface area (Å²) in [5.41, 5.74) is 4.18. The van der Waals surface area contributed by atoms with E-state index in [-0.39, 0.29) is 16.8 Å². The average molecular weight is 314 g/mol. The summed E-state index contributed by atoms with van der Waals surface area (Å²) in [6.45, 7) is 9.02. The van der Waals surface area contributed by atoms with Crippen molar-refractivity contribution in [2.75, 3.05) is 7.11 Å². The highest BCUT2D eigenvalue weighted by atomic mass is 16.5. The molecule has 0 heterocycles. The second kappa shape index (κ2) is 5.65. The first-order valence-electron chi connectivity index (χ1n) is 9.04. The van der Waals surface area contributed by atoms with E-state index in [2.05, 4.69) is 45.9 Å². The maximum Gasteiger partial charge on any atom is 0.311 e. The number of ether oxygens (including phenoxy) is 1. The Morgan fingerprint density at radius 2 is 2.00 bits per heavy atom. The van der Waals surface area contributed by atoms with E-state index in [4.69, 9.17) is 4.74 Å². The van der Waals surface area contributed by atoms with Crippen molar-refractivity contribution in [3.05, 3.63) is 34.9 Å². The number of benzene rings is 1. The summed E-state index contributed by atoms with van der Waals surface area (Å²) < 4.78 is 5.19. The third kappa shape index (κ3) is 2.42. The Balaban J connectivity index is 2.06. The van der Waals surface area contributed by atoms with Crippen molar-refractivity contribution in [3.8, 4) is 0 Å². The topological polar surface area (TPSA) is 26.3 Å². The molecule has 1 aromatic carbocycles. The van der Waals surface area contributed by atoms with Crippen LogP contribution in [0.25, 0.3) is 0 Å². The Bertz CT molecular complexity index is 618. The zero-order valence-electron chi connectivity index (χ0n) is 15.2. The summed E-state index contributed by atoms with van der Waals surface area (Å²) >= 11 is 0. The molecular formula is C21H30O2. The largest absolute Gasteiger partial charge is 0.469 e. The van der Waals surface area contributed by atoms with Gasteiger partial charge in [-0.1, -0.05) is 45.4 Å². The van der Waals surface area contributed by atoms with Crippen LogP contribution in [-0.2, 0) is 21.4 Å². The predicted octanol–water partition coefficient (Wildman–Crippen LogP) is 4.99. The van der Waals surface area contributed by atoms with E-state index in [0.29, 0.717) is 11.8 Å². The minimum absolute atomic E-state index is 0.0179. The Morgan fingerprint density at radius 1 is 1.26 bits per heavy atom. The lowest BCUT2D eigenvalue weighted by atomic mass is 9.49. The van der Waals surface area contributed by atoms with Gasteiger partial charge in [-0.3, -0.25) is 4.79 Å². The highest BCUT2D eigenvalue weighted by molar-refractivity contribution is 5.77. The third-order valence-electron chi connectivity index (χ3n) is 6.70. The Kier molecular flexibility index (Phi) is 4.06.